The minimum Gasteiger partial charge on any atom is -0.454 e. The average Bonchev–Trinajstić information content (AvgIpc) is 2.27. The molecule has 0 fully saturated rings. The van der Waals surface area contributed by atoms with Crippen LogP contribution in [0.15, 0.2) is 34.9 Å². The zero-order valence-electron chi connectivity index (χ0n) is 8.82. The lowest BCUT2D eigenvalue weighted by Crippen LogP contribution is -1.91. The molecule has 1 aromatic carbocycles. The molecule has 0 aliphatic rings. The molecule has 0 amide bonds. The summed E-state index contributed by atoms with van der Waals surface area (Å²) in [4.78, 5) is 3.94. The van der Waals surface area contributed by atoms with Crippen LogP contribution >= 0.6 is 39.1 Å². The molecule has 1 aromatic heterocycles. The van der Waals surface area contributed by atoms with Gasteiger partial charge in [-0.2, -0.15) is 5.26 Å². The smallest absolute Gasteiger partial charge is 0.183 e. The molecular weight excluding hydrogens is 339 g/mol. The van der Waals surface area contributed by atoms with E-state index in [0.29, 0.717) is 26.0 Å². The Morgan fingerprint density at radius 3 is 2.44 bits per heavy atom. The second-order valence-corrected chi connectivity index (χ2v) is 5.11. The van der Waals surface area contributed by atoms with Crippen molar-refractivity contribution < 1.29 is 4.74 Å². The Morgan fingerprint density at radius 1 is 1.17 bits per heavy atom. The highest BCUT2D eigenvalue weighted by molar-refractivity contribution is 9.10. The monoisotopic (exact) mass is 342 g/mol. The molecule has 3 nitrogen and oxygen atoms in total. The Morgan fingerprint density at radius 2 is 1.83 bits per heavy atom. The van der Waals surface area contributed by atoms with E-state index in [1.807, 2.05) is 6.07 Å². The Hall–Kier alpha value is -1.28. The zero-order chi connectivity index (χ0) is 13.1. The zero-order valence-corrected chi connectivity index (χ0v) is 11.9. The van der Waals surface area contributed by atoms with Gasteiger partial charge >= 0.3 is 0 Å². The second kappa shape index (κ2) is 5.57. The van der Waals surface area contributed by atoms with Crippen LogP contribution in [0, 0.1) is 11.3 Å². The van der Waals surface area contributed by atoms with Gasteiger partial charge in [-0.05, 0) is 40.2 Å². The van der Waals surface area contributed by atoms with E-state index in [0.717, 1.165) is 0 Å². The summed E-state index contributed by atoms with van der Waals surface area (Å²) in [6.45, 7) is 0. The lowest BCUT2D eigenvalue weighted by atomic mass is 10.3. The molecule has 2 aromatic rings. The summed E-state index contributed by atoms with van der Waals surface area (Å²) in [5.74, 6) is 0.786. The van der Waals surface area contributed by atoms with Crippen molar-refractivity contribution in [1.29, 1.82) is 5.26 Å². The minimum absolute atomic E-state index is 0.189. The van der Waals surface area contributed by atoms with Crippen molar-refractivity contribution in [3.8, 4) is 17.6 Å². The van der Waals surface area contributed by atoms with Crippen molar-refractivity contribution >= 4 is 39.1 Å². The lowest BCUT2D eigenvalue weighted by Gasteiger charge is -2.08. The normalized spacial score (nSPS) is 9.89. The average molecular weight is 344 g/mol. The number of hydrogen-bond acceptors (Lipinski definition) is 3. The first-order valence-corrected chi connectivity index (χ1v) is 6.33. The third kappa shape index (κ3) is 3.14. The number of pyridine rings is 1. The van der Waals surface area contributed by atoms with Gasteiger partial charge in [-0.3, -0.25) is 0 Å². The topological polar surface area (TPSA) is 45.9 Å². The Labute approximate surface area is 122 Å². The fourth-order valence-electron chi connectivity index (χ4n) is 1.30. The molecule has 6 heteroatoms. The van der Waals surface area contributed by atoms with Crippen LogP contribution in [0.2, 0.25) is 10.0 Å². The molecule has 0 saturated carbocycles. The largest absolute Gasteiger partial charge is 0.454 e. The van der Waals surface area contributed by atoms with Gasteiger partial charge in [0.2, 0.25) is 0 Å². The summed E-state index contributed by atoms with van der Waals surface area (Å²) in [7, 11) is 0. The van der Waals surface area contributed by atoms with Gasteiger partial charge in [0, 0.05) is 20.7 Å². The van der Waals surface area contributed by atoms with Crippen LogP contribution in [0.25, 0.3) is 0 Å². The highest BCUT2D eigenvalue weighted by Crippen LogP contribution is 2.30. The van der Waals surface area contributed by atoms with Gasteiger partial charge in [-0.25, -0.2) is 4.98 Å². The first-order valence-electron chi connectivity index (χ1n) is 4.78. The SMILES string of the molecule is N#Cc1ncc(Br)cc1Oc1cc(Cl)cc(Cl)c1. The van der Waals surface area contributed by atoms with E-state index >= 15 is 0 Å². The van der Waals surface area contributed by atoms with Gasteiger partial charge in [0.25, 0.3) is 0 Å². The van der Waals surface area contributed by atoms with E-state index in [2.05, 4.69) is 20.9 Å². The van der Waals surface area contributed by atoms with Crippen molar-refractivity contribution in [2.24, 2.45) is 0 Å². The van der Waals surface area contributed by atoms with Crippen molar-refractivity contribution in [1.82, 2.24) is 4.98 Å². The number of ether oxygens (including phenoxy) is 1. The lowest BCUT2D eigenvalue weighted by molar-refractivity contribution is 0.478. The van der Waals surface area contributed by atoms with Crippen molar-refractivity contribution in [3.63, 3.8) is 0 Å². The van der Waals surface area contributed by atoms with Crippen LogP contribution < -0.4 is 4.74 Å². The molecule has 2 rings (SSSR count). The van der Waals surface area contributed by atoms with E-state index in [1.54, 1.807) is 24.3 Å². The van der Waals surface area contributed by atoms with Crippen LogP contribution in [0.3, 0.4) is 0 Å². The molecule has 90 valence electrons. The van der Waals surface area contributed by atoms with Crippen molar-refractivity contribution in [2.75, 3.05) is 0 Å². The Kier molecular flexibility index (Phi) is 4.07. The summed E-state index contributed by atoms with van der Waals surface area (Å²) >= 11 is 15.0. The van der Waals surface area contributed by atoms with E-state index in [1.165, 1.54) is 6.20 Å². The number of nitrogens with zero attached hydrogens (tertiary/aromatic N) is 2. The molecule has 0 bridgehead atoms. The molecule has 0 aliphatic heterocycles. The second-order valence-electron chi connectivity index (χ2n) is 3.32. The standard InChI is InChI=1S/C12H5BrCl2N2O/c13-7-1-12(11(5-16)17-6-7)18-10-3-8(14)2-9(15)4-10/h1-4,6H. The first kappa shape index (κ1) is 13.2. The van der Waals surface area contributed by atoms with Gasteiger partial charge < -0.3 is 4.74 Å². The van der Waals surface area contributed by atoms with E-state index in [9.17, 15) is 0 Å². The van der Waals surface area contributed by atoms with Crippen LogP contribution in [-0.2, 0) is 0 Å². The summed E-state index contributed by atoms with van der Waals surface area (Å²) in [6, 6.07) is 8.41. The molecule has 0 radical (unpaired) electrons. The van der Waals surface area contributed by atoms with Gasteiger partial charge in [0.15, 0.2) is 11.4 Å². The third-order valence-electron chi connectivity index (χ3n) is 1.99. The number of hydrogen-bond donors (Lipinski definition) is 0. The van der Waals surface area contributed by atoms with Gasteiger partial charge in [-0.15, -0.1) is 0 Å². The molecule has 0 spiro atoms. The minimum atomic E-state index is 0.189. The predicted molar refractivity (Wildman–Crippen MR) is 73.2 cm³/mol. The number of rotatable bonds is 2. The van der Waals surface area contributed by atoms with Crippen LogP contribution in [0.5, 0.6) is 11.5 Å². The highest BCUT2D eigenvalue weighted by Gasteiger charge is 2.08. The molecule has 0 N–H and O–H groups in total. The highest BCUT2D eigenvalue weighted by atomic mass is 79.9. The summed E-state index contributed by atoms with van der Waals surface area (Å²) in [5, 5.41) is 9.85. The summed E-state index contributed by atoms with van der Waals surface area (Å²) in [6.07, 6.45) is 1.52. The van der Waals surface area contributed by atoms with Crippen LogP contribution in [0.1, 0.15) is 5.69 Å². The van der Waals surface area contributed by atoms with Gasteiger partial charge in [0.05, 0.1) is 0 Å². The summed E-state index contributed by atoms with van der Waals surface area (Å²) in [5.41, 5.74) is 0.189. The molecule has 0 aliphatic carbocycles. The first-order chi connectivity index (χ1) is 8.58. The van der Waals surface area contributed by atoms with E-state index < -0.39 is 0 Å². The number of nitriles is 1. The fourth-order valence-corrected chi connectivity index (χ4v) is 2.11. The maximum atomic E-state index is 8.94. The molecule has 18 heavy (non-hydrogen) atoms. The molecule has 1 heterocycles. The maximum absolute atomic E-state index is 8.94. The number of benzene rings is 1. The molecule has 0 saturated heterocycles. The van der Waals surface area contributed by atoms with Crippen molar-refractivity contribution in [3.05, 3.63) is 50.7 Å². The fraction of sp³-hybridized carbons (Fsp3) is 0. The van der Waals surface area contributed by atoms with Gasteiger partial charge in [-0.1, -0.05) is 23.2 Å². The van der Waals surface area contributed by atoms with E-state index in [-0.39, 0.29) is 5.69 Å². The predicted octanol–water partition coefficient (Wildman–Crippen LogP) is 4.81. The third-order valence-corrected chi connectivity index (χ3v) is 2.86. The van der Waals surface area contributed by atoms with E-state index in [4.69, 9.17) is 33.2 Å². The summed E-state index contributed by atoms with van der Waals surface area (Å²) < 4.78 is 6.27. The number of aromatic nitrogens is 1. The van der Waals surface area contributed by atoms with Gasteiger partial charge in [0.1, 0.15) is 11.8 Å². The molecular formula is C12H5BrCl2N2O. The van der Waals surface area contributed by atoms with Crippen LogP contribution in [0.4, 0.5) is 0 Å². The molecule has 0 unspecified atom stereocenters. The Bertz CT molecular complexity index is 620. The van der Waals surface area contributed by atoms with Crippen molar-refractivity contribution in [2.45, 2.75) is 0 Å². The van der Waals surface area contributed by atoms with Crippen LogP contribution in [-0.4, -0.2) is 4.98 Å². The quantitative estimate of drug-likeness (QED) is 0.785. The maximum Gasteiger partial charge on any atom is 0.183 e. The Balaban J connectivity index is 2.39. The molecule has 0 atom stereocenters. The number of halogens is 3.